The van der Waals surface area contributed by atoms with Gasteiger partial charge < -0.3 is 9.84 Å². The van der Waals surface area contributed by atoms with Crippen molar-refractivity contribution in [2.24, 2.45) is 5.92 Å². The van der Waals surface area contributed by atoms with Gasteiger partial charge in [-0.25, -0.2) is 4.98 Å². The summed E-state index contributed by atoms with van der Waals surface area (Å²) < 4.78 is 6.84. The Bertz CT molecular complexity index is 1040. The van der Waals surface area contributed by atoms with E-state index < -0.39 is 0 Å². The smallest absolute Gasteiger partial charge is 0.310 e. The molecule has 0 spiro atoms. The van der Waals surface area contributed by atoms with Crippen LogP contribution < -0.4 is 0 Å². The predicted octanol–water partition coefficient (Wildman–Crippen LogP) is 3.99. The van der Waals surface area contributed by atoms with Crippen molar-refractivity contribution in [3.63, 3.8) is 0 Å². The van der Waals surface area contributed by atoms with E-state index in [1.807, 2.05) is 13.8 Å². The third-order valence-electron chi connectivity index (χ3n) is 5.95. The molecular weight excluding hydrogens is 412 g/mol. The zero-order valence-electron chi connectivity index (χ0n) is 18.4. The van der Waals surface area contributed by atoms with E-state index >= 15 is 0 Å². The molecule has 4 rings (SSSR count). The molecule has 7 nitrogen and oxygen atoms in total. The van der Waals surface area contributed by atoms with Crippen LogP contribution in [0.5, 0.6) is 5.88 Å². The van der Waals surface area contributed by atoms with Gasteiger partial charge in [0.1, 0.15) is 0 Å². The van der Waals surface area contributed by atoms with E-state index in [9.17, 15) is 9.90 Å². The molecule has 1 aromatic carbocycles. The Morgan fingerprint density at radius 3 is 2.68 bits per heavy atom. The summed E-state index contributed by atoms with van der Waals surface area (Å²) in [6.07, 6.45) is 3.44. The van der Waals surface area contributed by atoms with E-state index in [0.717, 1.165) is 48.5 Å². The molecular formula is C23H30N4O3S. The molecule has 1 aliphatic rings. The van der Waals surface area contributed by atoms with Crippen molar-refractivity contribution in [3.05, 3.63) is 46.1 Å². The van der Waals surface area contributed by atoms with Crippen molar-refractivity contribution >= 4 is 22.3 Å². The number of ether oxygens (including phenoxy) is 1. The number of carbonyl (C=O) groups is 1. The first kappa shape index (κ1) is 21.8. The van der Waals surface area contributed by atoms with E-state index in [4.69, 9.17) is 4.74 Å². The van der Waals surface area contributed by atoms with Crippen molar-refractivity contribution in [1.82, 2.24) is 19.5 Å². The van der Waals surface area contributed by atoms with Crippen LogP contribution in [0.4, 0.5) is 0 Å². The number of likely N-dealkylation sites (tertiary alicyclic amines) is 1. The highest BCUT2D eigenvalue weighted by molar-refractivity contribution is 7.17. The van der Waals surface area contributed by atoms with Gasteiger partial charge in [0.2, 0.25) is 10.8 Å². The maximum absolute atomic E-state index is 12.4. The lowest BCUT2D eigenvalue weighted by Gasteiger charge is -2.37. The largest absolute Gasteiger partial charge is 0.492 e. The molecule has 31 heavy (non-hydrogen) atoms. The Labute approximate surface area is 186 Å². The first-order valence-electron chi connectivity index (χ1n) is 11.1. The number of aromatic hydroxyl groups is 1. The summed E-state index contributed by atoms with van der Waals surface area (Å²) in [7, 11) is 0. The average Bonchev–Trinajstić information content (AvgIpc) is 3.34. The van der Waals surface area contributed by atoms with Gasteiger partial charge in [0.25, 0.3) is 0 Å². The van der Waals surface area contributed by atoms with Crippen LogP contribution in [-0.4, -0.2) is 50.3 Å². The van der Waals surface area contributed by atoms with Crippen LogP contribution in [0.15, 0.2) is 24.3 Å². The fourth-order valence-electron chi connectivity index (χ4n) is 4.28. The first-order chi connectivity index (χ1) is 15.0. The molecule has 1 N–H and O–H groups in total. The highest BCUT2D eigenvalue weighted by Crippen LogP contribution is 2.41. The molecule has 2 atom stereocenters. The van der Waals surface area contributed by atoms with Gasteiger partial charge >= 0.3 is 5.97 Å². The number of esters is 1. The molecule has 0 unspecified atom stereocenters. The van der Waals surface area contributed by atoms with E-state index in [1.165, 1.54) is 16.9 Å². The van der Waals surface area contributed by atoms with E-state index in [-0.39, 0.29) is 23.8 Å². The van der Waals surface area contributed by atoms with Gasteiger partial charge in [0.15, 0.2) is 5.82 Å². The fourth-order valence-corrected chi connectivity index (χ4v) is 5.41. The standard InChI is InChI=1S/C23H30N4O3S/c1-4-15-9-11-16(12-10-15)19(26-13-7-8-17(14-26)22(29)30-6-3)20-21(28)27-23(31-20)24-18(5-2)25-27/h9-12,17,19,28H,4-8,13-14H2,1-3H3/t17-,19-/m0/s1. The van der Waals surface area contributed by atoms with Gasteiger partial charge in [-0.3, -0.25) is 9.69 Å². The Morgan fingerprint density at radius 1 is 1.26 bits per heavy atom. The number of hydrogen-bond acceptors (Lipinski definition) is 7. The molecule has 1 fully saturated rings. The summed E-state index contributed by atoms with van der Waals surface area (Å²) in [5.74, 6) is 0.571. The predicted molar refractivity (Wildman–Crippen MR) is 120 cm³/mol. The minimum atomic E-state index is -0.165. The monoisotopic (exact) mass is 442 g/mol. The van der Waals surface area contributed by atoms with Crippen LogP contribution in [0, 0.1) is 5.92 Å². The molecule has 3 heterocycles. The molecule has 0 bridgehead atoms. The lowest BCUT2D eigenvalue weighted by atomic mass is 9.93. The third kappa shape index (κ3) is 4.32. The second-order valence-electron chi connectivity index (χ2n) is 7.95. The molecule has 1 saturated heterocycles. The van der Waals surface area contributed by atoms with Gasteiger partial charge in [-0.1, -0.05) is 49.4 Å². The van der Waals surface area contributed by atoms with Crippen molar-refractivity contribution in [2.45, 2.75) is 52.5 Å². The number of aryl methyl sites for hydroxylation is 2. The zero-order valence-corrected chi connectivity index (χ0v) is 19.2. The Balaban J connectivity index is 1.73. The number of nitrogens with zero attached hydrogens (tertiary/aromatic N) is 4. The van der Waals surface area contributed by atoms with Gasteiger partial charge in [-0.2, -0.15) is 4.52 Å². The van der Waals surface area contributed by atoms with Crippen molar-refractivity contribution in [1.29, 1.82) is 0 Å². The van der Waals surface area contributed by atoms with E-state index in [0.29, 0.717) is 18.1 Å². The quantitative estimate of drug-likeness (QED) is 0.558. The Hall–Kier alpha value is -2.45. The number of aromatic nitrogens is 3. The number of hydrogen-bond donors (Lipinski definition) is 1. The average molecular weight is 443 g/mol. The lowest BCUT2D eigenvalue weighted by molar-refractivity contribution is -0.150. The molecule has 1 aliphatic heterocycles. The second-order valence-corrected chi connectivity index (χ2v) is 8.96. The number of benzene rings is 1. The number of rotatable bonds is 7. The molecule has 0 radical (unpaired) electrons. The summed E-state index contributed by atoms with van der Waals surface area (Å²) in [6, 6.07) is 8.37. The molecule has 0 amide bonds. The van der Waals surface area contributed by atoms with Crippen molar-refractivity contribution < 1.29 is 14.6 Å². The number of carbonyl (C=O) groups excluding carboxylic acids is 1. The van der Waals surface area contributed by atoms with E-state index in [1.54, 1.807) is 4.52 Å². The molecule has 0 saturated carbocycles. The molecule has 166 valence electrons. The van der Waals surface area contributed by atoms with Crippen LogP contribution in [0.25, 0.3) is 4.96 Å². The Morgan fingerprint density at radius 2 is 2.03 bits per heavy atom. The highest BCUT2D eigenvalue weighted by Gasteiger charge is 2.35. The van der Waals surface area contributed by atoms with Crippen LogP contribution in [0.1, 0.15) is 61.5 Å². The lowest BCUT2D eigenvalue weighted by Crippen LogP contribution is -2.41. The van der Waals surface area contributed by atoms with Crippen molar-refractivity contribution in [2.75, 3.05) is 19.7 Å². The highest BCUT2D eigenvalue weighted by atomic mass is 32.1. The summed E-state index contributed by atoms with van der Waals surface area (Å²) in [5, 5.41) is 15.5. The topological polar surface area (TPSA) is 80.0 Å². The SMILES string of the molecule is CCOC(=O)[C@H]1CCCN([C@@H](c2ccc(CC)cc2)c2sc3nc(CC)nn3c2O)C1. The zero-order chi connectivity index (χ0) is 22.0. The van der Waals surface area contributed by atoms with Gasteiger partial charge in [-0.05, 0) is 43.9 Å². The van der Waals surface area contributed by atoms with Crippen LogP contribution in [0.2, 0.25) is 0 Å². The van der Waals surface area contributed by atoms with Crippen molar-refractivity contribution in [3.8, 4) is 5.88 Å². The number of fused-ring (bicyclic) bond motifs is 1. The molecule has 3 aromatic rings. The molecule has 8 heteroatoms. The molecule has 2 aromatic heterocycles. The number of piperidine rings is 1. The first-order valence-corrected chi connectivity index (χ1v) is 11.9. The van der Waals surface area contributed by atoms with Crippen LogP contribution in [0.3, 0.4) is 0 Å². The number of thiazole rings is 1. The van der Waals surface area contributed by atoms with Gasteiger partial charge in [0.05, 0.1) is 23.4 Å². The second kappa shape index (κ2) is 9.36. The minimum absolute atomic E-state index is 0.133. The molecule has 0 aliphatic carbocycles. The normalized spacial score (nSPS) is 18.4. The summed E-state index contributed by atoms with van der Waals surface area (Å²) in [5.41, 5.74) is 2.36. The summed E-state index contributed by atoms with van der Waals surface area (Å²) >= 11 is 1.47. The van der Waals surface area contributed by atoms with E-state index in [2.05, 4.69) is 46.2 Å². The fraction of sp³-hybridized carbons (Fsp3) is 0.522. The van der Waals surface area contributed by atoms with Crippen LogP contribution >= 0.6 is 11.3 Å². The minimum Gasteiger partial charge on any atom is -0.492 e. The third-order valence-corrected chi connectivity index (χ3v) is 7.02. The van der Waals surface area contributed by atoms with Crippen LogP contribution in [-0.2, 0) is 22.4 Å². The van der Waals surface area contributed by atoms with Gasteiger partial charge in [0, 0.05) is 13.0 Å². The maximum Gasteiger partial charge on any atom is 0.310 e. The maximum atomic E-state index is 12.4. The summed E-state index contributed by atoms with van der Waals surface area (Å²) in [6.45, 7) is 7.83. The Kier molecular flexibility index (Phi) is 6.57. The summed E-state index contributed by atoms with van der Waals surface area (Å²) in [4.78, 5) is 20.8. The van der Waals surface area contributed by atoms with Gasteiger partial charge in [-0.15, -0.1) is 5.10 Å².